The molecule has 0 aliphatic heterocycles. The van der Waals surface area contributed by atoms with Crippen molar-refractivity contribution in [2.75, 3.05) is 0 Å². The van der Waals surface area contributed by atoms with Crippen LogP contribution in [-0.4, -0.2) is 31.3 Å². The molecule has 0 radical (unpaired) electrons. The van der Waals surface area contributed by atoms with Crippen LogP contribution in [-0.2, 0) is 14.0 Å². The van der Waals surface area contributed by atoms with Gasteiger partial charge in [-0.3, -0.25) is 9.59 Å². The van der Waals surface area contributed by atoms with Gasteiger partial charge in [0.25, 0.3) is 0 Å². The van der Waals surface area contributed by atoms with Crippen molar-refractivity contribution in [1.29, 1.82) is 0 Å². The second-order valence-corrected chi connectivity index (χ2v) is 13.7. The molecule has 24 heavy (non-hydrogen) atoms. The number of hydrogen-bond acceptors (Lipinski definition) is 3. The van der Waals surface area contributed by atoms with Crippen LogP contribution < -0.4 is 0 Å². The molecule has 5 heteroatoms. The van der Waals surface area contributed by atoms with Crippen LogP contribution in [0.15, 0.2) is 11.1 Å². The Hall–Kier alpha value is -0.943. The van der Waals surface area contributed by atoms with Crippen LogP contribution in [0.1, 0.15) is 60.8 Å². The minimum atomic E-state index is -1.96. The molecule has 0 spiro atoms. The Kier molecular flexibility index (Phi) is 6.61. The summed E-state index contributed by atoms with van der Waals surface area (Å²) in [5.41, 5.74) is 1.63. The zero-order valence-electron chi connectivity index (χ0n) is 16.5. The van der Waals surface area contributed by atoms with Gasteiger partial charge in [0.1, 0.15) is 6.42 Å². The van der Waals surface area contributed by atoms with Gasteiger partial charge in [0, 0.05) is 0 Å². The zero-order valence-corrected chi connectivity index (χ0v) is 17.5. The van der Waals surface area contributed by atoms with E-state index in [9.17, 15) is 9.59 Å². The van der Waals surface area contributed by atoms with Crippen LogP contribution in [0.2, 0.25) is 18.1 Å². The Balaban J connectivity index is 3.17. The second kappa shape index (κ2) is 7.52. The lowest BCUT2D eigenvalue weighted by atomic mass is 9.76. The molecule has 0 fully saturated rings. The number of ketones is 1. The minimum Gasteiger partial charge on any atom is -0.481 e. The minimum absolute atomic E-state index is 0.0696. The predicted octanol–water partition coefficient (Wildman–Crippen LogP) is 4.80. The number of carboxylic acid groups (broad SMARTS) is 1. The molecule has 1 aliphatic rings. The molecular weight excluding hydrogens is 320 g/mol. The van der Waals surface area contributed by atoms with Gasteiger partial charge in [-0.2, -0.15) is 0 Å². The highest BCUT2D eigenvalue weighted by Crippen LogP contribution is 2.42. The van der Waals surface area contributed by atoms with Gasteiger partial charge in [0.2, 0.25) is 0 Å². The lowest BCUT2D eigenvalue weighted by molar-refractivity contribution is -0.139. The van der Waals surface area contributed by atoms with Crippen LogP contribution in [0.3, 0.4) is 0 Å². The van der Waals surface area contributed by atoms with Crippen LogP contribution in [0.5, 0.6) is 0 Å². The van der Waals surface area contributed by atoms with Gasteiger partial charge in [0.05, 0.1) is 6.10 Å². The lowest BCUT2D eigenvalue weighted by Gasteiger charge is -2.43. The van der Waals surface area contributed by atoms with Crippen molar-refractivity contribution in [3.63, 3.8) is 0 Å². The summed E-state index contributed by atoms with van der Waals surface area (Å²) in [6.07, 6.45) is 1.09. The van der Waals surface area contributed by atoms with E-state index >= 15 is 0 Å². The molecule has 1 N–H and O–H groups in total. The predicted molar refractivity (Wildman–Crippen MR) is 99.6 cm³/mol. The normalized spacial score (nSPS) is 22.9. The molecule has 0 aromatic heterocycles. The van der Waals surface area contributed by atoms with Crippen molar-refractivity contribution in [3.05, 3.63) is 11.1 Å². The van der Waals surface area contributed by atoms with Gasteiger partial charge in [-0.25, -0.2) is 0 Å². The number of carbonyl (C=O) groups excluding carboxylic acids is 1. The van der Waals surface area contributed by atoms with Crippen LogP contribution in [0.4, 0.5) is 0 Å². The van der Waals surface area contributed by atoms with E-state index in [1.54, 1.807) is 0 Å². The number of Topliss-reactive ketones (excluding diaryl/α,β-unsaturated/α-hetero) is 1. The summed E-state index contributed by atoms with van der Waals surface area (Å²) >= 11 is 0. The average molecular weight is 355 g/mol. The highest BCUT2D eigenvalue weighted by molar-refractivity contribution is 6.74. The second-order valence-electron chi connectivity index (χ2n) is 8.97. The molecule has 0 bridgehead atoms. The molecule has 138 valence electrons. The quantitative estimate of drug-likeness (QED) is 0.549. The van der Waals surface area contributed by atoms with E-state index < -0.39 is 20.7 Å². The van der Waals surface area contributed by atoms with E-state index in [0.717, 1.165) is 12.0 Å². The fourth-order valence-electron chi connectivity index (χ4n) is 2.91. The first-order chi connectivity index (χ1) is 10.8. The molecular formula is C19H34O4Si. The van der Waals surface area contributed by atoms with Gasteiger partial charge in [-0.15, -0.1) is 0 Å². The van der Waals surface area contributed by atoms with E-state index in [0.29, 0.717) is 23.8 Å². The summed E-state index contributed by atoms with van der Waals surface area (Å²) in [7, 11) is -1.96. The first-order valence-corrected chi connectivity index (χ1v) is 11.8. The van der Waals surface area contributed by atoms with Gasteiger partial charge >= 0.3 is 5.97 Å². The summed E-state index contributed by atoms with van der Waals surface area (Å²) in [5.74, 6) is -0.518. The third-order valence-electron chi connectivity index (χ3n) is 5.78. The molecule has 0 heterocycles. The Labute approximate surface area is 147 Å². The summed E-state index contributed by atoms with van der Waals surface area (Å²) in [4.78, 5) is 23.4. The largest absolute Gasteiger partial charge is 0.481 e. The van der Waals surface area contributed by atoms with E-state index in [-0.39, 0.29) is 16.9 Å². The van der Waals surface area contributed by atoms with Crippen molar-refractivity contribution in [1.82, 2.24) is 0 Å². The van der Waals surface area contributed by atoms with Crippen molar-refractivity contribution in [3.8, 4) is 0 Å². The molecule has 2 atom stereocenters. The molecule has 0 amide bonds. The fourth-order valence-corrected chi connectivity index (χ4v) is 4.25. The summed E-state index contributed by atoms with van der Waals surface area (Å²) in [5, 5.41) is 9.07. The third-order valence-corrected chi connectivity index (χ3v) is 10.3. The average Bonchev–Trinajstić information content (AvgIpc) is 2.38. The van der Waals surface area contributed by atoms with Gasteiger partial charge in [-0.05, 0) is 60.9 Å². The Morgan fingerprint density at radius 2 is 1.83 bits per heavy atom. The van der Waals surface area contributed by atoms with E-state index in [1.165, 1.54) is 0 Å². The number of aliphatic carboxylic acids is 1. The van der Waals surface area contributed by atoms with E-state index in [1.807, 2.05) is 6.92 Å². The van der Waals surface area contributed by atoms with Crippen molar-refractivity contribution in [2.45, 2.75) is 85.0 Å². The number of hydrogen-bond donors (Lipinski definition) is 1. The molecule has 0 aromatic carbocycles. The highest BCUT2D eigenvalue weighted by atomic mass is 28.4. The topological polar surface area (TPSA) is 63.6 Å². The maximum Gasteiger partial charge on any atom is 0.311 e. The maximum absolute atomic E-state index is 12.4. The highest BCUT2D eigenvalue weighted by Gasteiger charge is 2.42. The maximum atomic E-state index is 12.4. The van der Waals surface area contributed by atoms with Gasteiger partial charge < -0.3 is 9.53 Å². The molecule has 1 aliphatic carbocycles. The standard InChI is InChI=1S/C19H34O4Si/c1-12(2)14-9-15(16(20)11-18(21)22)13(3)17(10-14)23-24(7,8)19(4,5)6/h12,14,17H,9-11H2,1-8H3,(H,21,22)/t14-,17-/m0/s1. The van der Waals surface area contributed by atoms with E-state index in [2.05, 4.69) is 47.7 Å². The Morgan fingerprint density at radius 1 is 1.29 bits per heavy atom. The van der Waals surface area contributed by atoms with Gasteiger partial charge in [0.15, 0.2) is 14.1 Å². The van der Waals surface area contributed by atoms with Crippen molar-refractivity contribution >= 4 is 20.1 Å². The molecule has 1 rings (SSSR count). The fraction of sp³-hybridized carbons (Fsp3) is 0.789. The zero-order chi connectivity index (χ0) is 18.9. The number of allylic oxidation sites excluding steroid dienone is 1. The van der Waals surface area contributed by atoms with Crippen LogP contribution >= 0.6 is 0 Å². The smallest absolute Gasteiger partial charge is 0.311 e. The van der Waals surface area contributed by atoms with Gasteiger partial charge in [-0.1, -0.05) is 34.6 Å². The summed E-state index contributed by atoms with van der Waals surface area (Å²) < 4.78 is 6.60. The number of carboxylic acids is 1. The molecule has 4 nitrogen and oxygen atoms in total. The molecule has 0 saturated carbocycles. The SMILES string of the molecule is CC1=C(C(=O)CC(=O)O)C[C@H](C(C)C)C[C@@H]1O[Si](C)(C)C(C)(C)C. The van der Waals surface area contributed by atoms with Crippen molar-refractivity contribution in [2.24, 2.45) is 11.8 Å². The van der Waals surface area contributed by atoms with E-state index in [4.69, 9.17) is 9.53 Å². The third kappa shape index (κ3) is 5.03. The first kappa shape index (κ1) is 21.1. The van der Waals surface area contributed by atoms with Crippen LogP contribution in [0.25, 0.3) is 0 Å². The lowest BCUT2D eigenvalue weighted by Crippen LogP contribution is -2.46. The first-order valence-electron chi connectivity index (χ1n) is 8.88. The summed E-state index contributed by atoms with van der Waals surface area (Å²) in [6, 6.07) is 0. The summed E-state index contributed by atoms with van der Waals surface area (Å²) in [6.45, 7) is 17.3. The van der Waals surface area contributed by atoms with Crippen LogP contribution in [0, 0.1) is 11.8 Å². The molecule has 0 aromatic rings. The monoisotopic (exact) mass is 354 g/mol. The number of rotatable bonds is 6. The van der Waals surface area contributed by atoms with Crippen molar-refractivity contribution < 1.29 is 19.1 Å². The number of carbonyl (C=O) groups is 2. The molecule has 0 unspecified atom stereocenters. The Bertz CT molecular complexity index is 526. The Morgan fingerprint density at radius 3 is 2.25 bits per heavy atom. The molecule has 0 saturated heterocycles.